The van der Waals surface area contributed by atoms with Gasteiger partial charge in [0, 0.05) is 11.3 Å². The molecule has 2 rings (SSSR count). The van der Waals surface area contributed by atoms with Crippen molar-refractivity contribution in [2.75, 3.05) is 5.32 Å². The number of hydrogen-bond donors (Lipinski definition) is 2. The van der Waals surface area contributed by atoms with Gasteiger partial charge in [-0.05, 0) is 56.7 Å². The molecule has 0 aliphatic rings. The molecule has 4 nitrogen and oxygen atoms in total. The van der Waals surface area contributed by atoms with Crippen LogP contribution in [-0.4, -0.2) is 17.1 Å². The number of anilines is 1. The molecule has 116 valence electrons. The molecule has 22 heavy (non-hydrogen) atoms. The highest BCUT2D eigenvalue weighted by molar-refractivity contribution is 6.04. The summed E-state index contributed by atoms with van der Waals surface area (Å²) in [6.45, 7) is 5.58. The van der Waals surface area contributed by atoms with Crippen LogP contribution in [0.3, 0.4) is 0 Å². The first-order valence-corrected chi connectivity index (χ1v) is 7.32. The van der Waals surface area contributed by atoms with Gasteiger partial charge in [-0.25, -0.2) is 0 Å². The number of carbonyl (C=O) groups excluding carboxylic acids is 1. The third kappa shape index (κ3) is 4.33. The maximum atomic E-state index is 12.3. The average molecular weight is 299 g/mol. The molecule has 0 heterocycles. The third-order valence-corrected chi connectivity index (χ3v) is 3.12. The predicted octanol–water partition coefficient (Wildman–Crippen LogP) is 3.78. The van der Waals surface area contributed by atoms with Gasteiger partial charge >= 0.3 is 0 Å². The Hall–Kier alpha value is -2.33. The molecule has 2 N–H and O–H groups in total. The maximum absolute atomic E-state index is 12.3. The van der Waals surface area contributed by atoms with Crippen molar-refractivity contribution in [1.82, 2.24) is 0 Å². The fraction of sp³-hybridized carbons (Fsp3) is 0.278. The van der Waals surface area contributed by atoms with E-state index in [-0.39, 0.29) is 12.0 Å². The lowest BCUT2D eigenvalue weighted by Gasteiger charge is -2.11. The van der Waals surface area contributed by atoms with Gasteiger partial charge in [0.2, 0.25) is 0 Å². The largest absolute Gasteiger partial charge is 0.491 e. The zero-order chi connectivity index (χ0) is 16.1. The Morgan fingerprint density at radius 3 is 2.36 bits per heavy atom. The van der Waals surface area contributed by atoms with E-state index in [1.54, 1.807) is 49.4 Å². The Labute approximate surface area is 130 Å². The Balaban J connectivity index is 2.08. The molecule has 0 saturated heterocycles. The Bertz CT molecular complexity index is 633. The van der Waals surface area contributed by atoms with Crippen molar-refractivity contribution in [3.05, 3.63) is 59.7 Å². The van der Waals surface area contributed by atoms with Gasteiger partial charge in [-0.1, -0.05) is 18.2 Å². The lowest BCUT2D eigenvalue weighted by atomic mass is 10.1. The molecule has 4 heteroatoms. The molecule has 1 amide bonds. The summed E-state index contributed by atoms with van der Waals surface area (Å²) in [4.78, 5) is 12.3. The number of carbonyl (C=O) groups is 1. The van der Waals surface area contributed by atoms with Crippen LogP contribution in [0.4, 0.5) is 5.69 Å². The van der Waals surface area contributed by atoms with Crippen molar-refractivity contribution in [3.63, 3.8) is 0 Å². The van der Waals surface area contributed by atoms with Crippen LogP contribution in [0.2, 0.25) is 0 Å². The van der Waals surface area contributed by atoms with Gasteiger partial charge in [-0.3, -0.25) is 4.79 Å². The summed E-state index contributed by atoms with van der Waals surface area (Å²) in [6, 6.07) is 14.2. The predicted molar refractivity (Wildman–Crippen MR) is 87.2 cm³/mol. The van der Waals surface area contributed by atoms with Crippen molar-refractivity contribution in [2.45, 2.75) is 33.0 Å². The third-order valence-electron chi connectivity index (χ3n) is 3.12. The van der Waals surface area contributed by atoms with Gasteiger partial charge in [0.25, 0.3) is 5.91 Å². The number of nitrogens with one attached hydrogen (secondary N) is 1. The van der Waals surface area contributed by atoms with Crippen LogP contribution in [0.5, 0.6) is 5.75 Å². The van der Waals surface area contributed by atoms with Crippen LogP contribution in [0.15, 0.2) is 48.5 Å². The van der Waals surface area contributed by atoms with Crippen LogP contribution in [0, 0.1) is 0 Å². The summed E-state index contributed by atoms with van der Waals surface area (Å²) in [5.74, 6) is 0.478. The number of benzene rings is 2. The van der Waals surface area contributed by atoms with Crippen molar-refractivity contribution in [3.8, 4) is 5.75 Å². The number of rotatable bonds is 5. The van der Waals surface area contributed by atoms with Crippen LogP contribution < -0.4 is 10.1 Å². The molecule has 0 unspecified atom stereocenters. The number of hydrogen-bond acceptors (Lipinski definition) is 3. The van der Waals surface area contributed by atoms with Crippen LogP contribution in [0.25, 0.3) is 0 Å². The highest BCUT2D eigenvalue weighted by Crippen LogP contribution is 2.18. The normalized spacial score (nSPS) is 12.0. The van der Waals surface area contributed by atoms with Crippen LogP contribution >= 0.6 is 0 Å². The molecule has 1 atom stereocenters. The molecular weight excluding hydrogens is 278 g/mol. The minimum atomic E-state index is -0.519. The van der Waals surface area contributed by atoms with Gasteiger partial charge in [-0.15, -0.1) is 0 Å². The zero-order valence-electron chi connectivity index (χ0n) is 13.0. The van der Waals surface area contributed by atoms with E-state index in [0.717, 1.165) is 5.56 Å². The monoisotopic (exact) mass is 299 g/mol. The summed E-state index contributed by atoms with van der Waals surface area (Å²) in [6.07, 6.45) is -0.457. The number of aliphatic hydroxyl groups is 1. The van der Waals surface area contributed by atoms with Gasteiger partial charge in [0.15, 0.2) is 0 Å². The molecule has 2 aromatic carbocycles. The first-order chi connectivity index (χ1) is 10.5. The van der Waals surface area contributed by atoms with Crippen molar-refractivity contribution in [2.24, 2.45) is 0 Å². The van der Waals surface area contributed by atoms with Gasteiger partial charge in [0.1, 0.15) is 5.75 Å². The smallest absolute Gasteiger partial charge is 0.255 e. The first kappa shape index (κ1) is 16.0. The number of aliphatic hydroxyl groups excluding tert-OH is 1. The van der Waals surface area contributed by atoms with Crippen LogP contribution in [-0.2, 0) is 0 Å². The van der Waals surface area contributed by atoms with Gasteiger partial charge in [-0.2, -0.15) is 0 Å². The highest BCUT2D eigenvalue weighted by atomic mass is 16.5. The second-order valence-electron chi connectivity index (χ2n) is 5.45. The molecule has 0 fully saturated rings. The highest BCUT2D eigenvalue weighted by Gasteiger charge is 2.08. The van der Waals surface area contributed by atoms with E-state index in [1.165, 1.54) is 0 Å². The molecule has 2 aromatic rings. The molecule has 0 aliphatic carbocycles. The minimum Gasteiger partial charge on any atom is -0.491 e. The van der Waals surface area contributed by atoms with Crippen molar-refractivity contribution in [1.29, 1.82) is 0 Å². The summed E-state index contributed by atoms with van der Waals surface area (Å²) in [5.41, 5.74) is 2.03. The molecule has 0 saturated carbocycles. The van der Waals surface area contributed by atoms with Crippen molar-refractivity contribution >= 4 is 11.6 Å². The molecular formula is C18H21NO3. The Kier molecular flexibility index (Phi) is 5.17. The number of amides is 1. The number of ether oxygens (including phenoxy) is 1. The lowest BCUT2D eigenvalue weighted by molar-refractivity contribution is 0.102. The first-order valence-electron chi connectivity index (χ1n) is 7.32. The molecule has 0 aliphatic heterocycles. The topological polar surface area (TPSA) is 58.6 Å². The van der Waals surface area contributed by atoms with E-state index in [9.17, 15) is 9.90 Å². The van der Waals surface area contributed by atoms with E-state index >= 15 is 0 Å². The molecule has 0 aromatic heterocycles. The zero-order valence-corrected chi connectivity index (χ0v) is 13.0. The van der Waals surface area contributed by atoms with E-state index in [4.69, 9.17) is 4.74 Å². The average Bonchev–Trinajstić information content (AvgIpc) is 2.47. The second kappa shape index (κ2) is 7.09. The minimum absolute atomic E-state index is 0.0614. The quantitative estimate of drug-likeness (QED) is 0.883. The lowest BCUT2D eigenvalue weighted by Crippen LogP contribution is -2.12. The second-order valence-corrected chi connectivity index (χ2v) is 5.45. The van der Waals surface area contributed by atoms with Gasteiger partial charge in [0.05, 0.1) is 12.2 Å². The van der Waals surface area contributed by atoms with Crippen molar-refractivity contribution < 1.29 is 14.6 Å². The maximum Gasteiger partial charge on any atom is 0.255 e. The molecule has 0 spiro atoms. The summed E-state index contributed by atoms with van der Waals surface area (Å²) in [7, 11) is 0. The van der Waals surface area contributed by atoms with E-state index in [1.807, 2.05) is 19.9 Å². The summed E-state index contributed by atoms with van der Waals surface area (Å²) in [5, 5.41) is 12.3. The van der Waals surface area contributed by atoms with E-state index < -0.39 is 6.10 Å². The fourth-order valence-corrected chi connectivity index (χ4v) is 2.03. The Morgan fingerprint density at radius 1 is 1.09 bits per heavy atom. The standard InChI is InChI=1S/C18H21NO3/c1-12(2)22-17-6-4-5-15(11-17)18(21)19-16-9-7-14(8-10-16)13(3)20/h4-13,20H,1-3H3,(H,19,21)/t13-/m1/s1. The summed E-state index contributed by atoms with van der Waals surface area (Å²) < 4.78 is 5.59. The molecule has 0 bridgehead atoms. The van der Waals surface area contributed by atoms with E-state index in [2.05, 4.69) is 5.32 Å². The Morgan fingerprint density at radius 2 is 1.77 bits per heavy atom. The van der Waals surface area contributed by atoms with Gasteiger partial charge < -0.3 is 15.2 Å². The molecule has 0 radical (unpaired) electrons. The SMILES string of the molecule is CC(C)Oc1cccc(C(=O)Nc2ccc([C@@H](C)O)cc2)c1. The van der Waals surface area contributed by atoms with E-state index in [0.29, 0.717) is 17.0 Å². The summed E-state index contributed by atoms with van der Waals surface area (Å²) >= 11 is 0. The van der Waals surface area contributed by atoms with Crippen LogP contribution in [0.1, 0.15) is 42.8 Å². The fourth-order valence-electron chi connectivity index (χ4n) is 2.03.